The predicted octanol–water partition coefficient (Wildman–Crippen LogP) is 5.71. The van der Waals surface area contributed by atoms with Crippen molar-refractivity contribution in [1.82, 2.24) is 10.3 Å². The number of para-hydroxylation sites is 1. The van der Waals surface area contributed by atoms with Crippen molar-refractivity contribution in [3.8, 4) is 17.2 Å². The second kappa shape index (κ2) is 12.0. The van der Waals surface area contributed by atoms with Crippen LogP contribution < -0.4 is 24.4 Å². The zero-order chi connectivity index (χ0) is 28.2. The molecule has 212 valence electrons. The molecule has 41 heavy (non-hydrogen) atoms. The third-order valence-electron chi connectivity index (χ3n) is 7.98. The minimum absolute atomic E-state index is 0.0860. The number of aromatic nitrogens is 1. The Bertz CT molecular complexity index is 1520. The standard InChI is InChI=1S/C33H35N3O5/c1-39-26-14-11-22(12-15-26)32(33(38)35-24-7-3-2-4-8-24)36(25-13-16-29-30(20-25)41-18-17-40-29)31(37)19-23-21-34-28-10-6-5-9-27(23)28/h5-6,9-16,20-21,24,32,34H,2-4,7-8,17-19H2,1H3,(H,35,38)/t32-/m0/s1. The van der Waals surface area contributed by atoms with Gasteiger partial charge in [0.05, 0.1) is 13.5 Å². The lowest BCUT2D eigenvalue weighted by Gasteiger charge is -2.34. The fourth-order valence-corrected chi connectivity index (χ4v) is 5.88. The number of nitrogens with zero attached hydrogens (tertiary/aromatic N) is 1. The number of hydrogen-bond acceptors (Lipinski definition) is 5. The molecule has 1 fully saturated rings. The van der Waals surface area contributed by atoms with Gasteiger partial charge in [0, 0.05) is 34.9 Å². The normalized spacial score (nSPS) is 15.7. The molecule has 0 bridgehead atoms. The zero-order valence-corrected chi connectivity index (χ0v) is 23.2. The molecule has 2 amide bonds. The first-order valence-corrected chi connectivity index (χ1v) is 14.3. The molecule has 8 nitrogen and oxygen atoms in total. The maximum absolute atomic E-state index is 14.4. The second-order valence-corrected chi connectivity index (χ2v) is 10.6. The Balaban J connectivity index is 1.43. The van der Waals surface area contributed by atoms with Gasteiger partial charge in [0.2, 0.25) is 11.8 Å². The van der Waals surface area contributed by atoms with Crippen molar-refractivity contribution >= 4 is 28.4 Å². The number of ether oxygens (including phenoxy) is 3. The van der Waals surface area contributed by atoms with Crippen molar-refractivity contribution in [1.29, 1.82) is 0 Å². The Morgan fingerprint density at radius 1 is 0.976 bits per heavy atom. The lowest BCUT2D eigenvalue weighted by molar-refractivity contribution is -0.127. The summed E-state index contributed by atoms with van der Waals surface area (Å²) in [5.74, 6) is 1.45. The van der Waals surface area contributed by atoms with E-state index in [1.165, 1.54) is 6.42 Å². The van der Waals surface area contributed by atoms with Gasteiger partial charge in [0.25, 0.3) is 0 Å². The van der Waals surface area contributed by atoms with Crippen molar-refractivity contribution in [3.63, 3.8) is 0 Å². The lowest BCUT2D eigenvalue weighted by atomic mass is 9.94. The fraction of sp³-hybridized carbons (Fsp3) is 0.333. The van der Waals surface area contributed by atoms with Crippen LogP contribution in [0.3, 0.4) is 0 Å². The van der Waals surface area contributed by atoms with E-state index < -0.39 is 6.04 Å². The summed E-state index contributed by atoms with van der Waals surface area (Å²) in [4.78, 5) is 33.5. The van der Waals surface area contributed by atoms with Gasteiger partial charge in [-0.15, -0.1) is 0 Å². The molecule has 1 atom stereocenters. The van der Waals surface area contributed by atoms with Gasteiger partial charge in [-0.3, -0.25) is 14.5 Å². The monoisotopic (exact) mass is 553 g/mol. The molecular formula is C33H35N3O5. The SMILES string of the molecule is COc1ccc([C@@H](C(=O)NC2CCCCC2)N(C(=O)Cc2c[nH]c3ccccc23)c2ccc3c(c2)OCCO3)cc1. The van der Waals surface area contributed by atoms with E-state index >= 15 is 0 Å². The van der Waals surface area contributed by atoms with Crippen molar-refractivity contribution in [2.45, 2.75) is 50.6 Å². The summed E-state index contributed by atoms with van der Waals surface area (Å²) in [6.07, 6.45) is 7.22. The van der Waals surface area contributed by atoms with Gasteiger partial charge in [0.1, 0.15) is 25.0 Å². The van der Waals surface area contributed by atoms with Crippen molar-refractivity contribution < 1.29 is 23.8 Å². The molecule has 2 aliphatic rings. The second-order valence-electron chi connectivity index (χ2n) is 10.6. The molecule has 0 radical (unpaired) electrons. The molecule has 2 heterocycles. The number of anilines is 1. The van der Waals surface area contributed by atoms with Gasteiger partial charge >= 0.3 is 0 Å². The van der Waals surface area contributed by atoms with Crippen molar-refractivity contribution in [2.75, 3.05) is 25.2 Å². The maximum atomic E-state index is 14.4. The number of fused-ring (bicyclic) bond motifs is 2. The highest BCUT2D eigenvalue weighted by Crippen LogP contribution is 2.38. The minimum atomic E-state index is -0.900. The Hall–Kier alpha value is -4.46. The molecule has 0 spiro atoms. The number of amides is 2. The molecule has 6 rings (SSSR count). The first-order valence-electron chi connectivity index (χ1n) is 14.3. The number of hydrogen-bond donors (Lipinski definition) is 2. The van der Waals surface area contributed by atoms with Crippen LogP contribution >= 0.6 is 0 Å². The Kier molecular flexibility index (Phi) is 7.80. The van der Waals surface area contributed by atoms with E-state index in [1.807, 2.05) is 60.8 Å². The van der Waals surface area contributed by atoms with Crippen LogP contribution in [0.25, 0.3) is 10.9 Å². The molecule has 0 unspecified atom stereocenters. The fourth-order valence-electron chi connectivity index (χ4n) is 5.88. The van der Waals surface area contributed by atoms with Gasteiger partial charge in [0.15, 0.2) is 11.5 Å². The molecule has 1 aliphatic carbocycles. The molecule has 0 saturated heterocycles. The molecule has 1 aromatic heterocycles. The summed E-state index contributed by atoms with van der Waals surface area (Å²) < 4.78 is 17.0. The Morgan fingerprint density at radius 3 is 2.51 bits per heavy atom. The number of methoxy groups -OCH3 is 1. The lowest BCUT2D eigenvalue weighted by Crippen LogP contribution is -2.47. The van der Waals surface area contributed by atoms with Crippen LogP contribution in [0.1, 0.15) is 49.3 Å². The Labute approximate surface area is 239 Å². The molecule has 8 heteroatoms. The summed E-state index contributed by atoms with van der Waals surface area (Å²) in [7, 11) is 1.61. The van der Waals surface area contributed by atoms with E-state index in [9.17, 15) is 9.59 Å². The summed E-state index contributed by atoms with van der Waals surface area (Å²) in [6, 6.07) is 19.9. The first-order chi connectivity index (χ1) is 20.1. The van der Waals surface area contributed by atoms with E-state index in [1.54, 1.807) is 24.1 Å². The van der Waals surface area contributed by atoms with E-state index in [2.05, 4.69) is 10.3 Å². The summed E-state index contributed by atoms with van der Waals surface area (Å²) in [5.41, 5.74) is 3.09. The number of H-pyrrole nitrogens is 1. The third kappa shape index (κ3) is 5.73. The number of carbonyl (C=O) groups excluding carboxylic acids is 2. The topological polar surface area (TPSA) is 92.9 Å². The maximum Gasteiger partial charge on any atom is 0.248 e. The average Bonchev–Trinajstić information content (AvgIpc) is 3.42. The molecule has 1 aliphatic heterocycles. The van der Waals surface area contributed by atoms with Crippen molar-refractivity contribution in [3.05, 3.63) is 84.1 Å². The third-order valence-corrected chi connectivity index (χ3v) is 7.98. The number of aromatic amines is 1. The van der Waals surface area contributed by atoms with Crippen LogP contribution in [0.4, 0.5) is 5.69 Å². The average molecular weight is 554 g/mol. The quantitative estimate of drug-likeness (QED) is 0.291. The molecule has 3 aromatic carbocycles. The number of nitrogens with one attached hydrogen (secondary N) is 2. The van der Waals surface area contributed by atoms with Gasteiger partial charge in [-0.25, -0.2) is 0 Å². The van der Waals surface area contributed by atoms with Gasteiger partial charge in [-0.05, 0) is 54.3 Å². The van der Waals surface area contributed by atoms with Crippen LogP contribution in [0.2, 0.25) is 0 Å². The number of rotatable bonds is 8. The van der Waals surface area contributed by atoms with E-state index in [0.717, 1.165) is 42.1 Å². The minimum Gasteiger partial charge on any atom is -0.497 e. The predicted molar refractivity (Wildman–Crippen MR) is 158 cm³/mol. The highest BCUT2D eigenvalue weighted by Gasteiger charge is 2.35. The summed E-state index contributed by atoms with van der Waals surface area (Å²) in [6.45, 7) is 0.887. The first kappa shape index (κ1) is 26.7. The smallest absolute Gasteiger partial charge is 0.248 e. The molecular weight excluding hydrogens is 518 g/mol. The van der Waals surface area contributed by atoms with E-state index in [-0.39, 0.29) is 24.3 Å². The van der Waals surface area contributed by atoms with Crippen LogP contribution in [-0.4, -0.2) is 43.2 Å². The molecule has 4 aromatic rings. The molecule has 2 N–H and O–H groups in total. The summed E-state index contributed by atoms with van der Waals surface area (Å²) in [5, 5.41) is 4.26. The van der Waals surface area contributed by atoms with Crippen LogP contribution in [0.5, 0.6) is 17.2 Å². The van der Waals surface area contributed by atoms with E-state index in [0.29, 0.717) is 41.7 Å². The summed E-state index contributed by atoms with van der Waals surface area (Å²) >= 11 is 0. The van der Waals surface area contributed by atoms with Gasteiger partial charge < -0.3 is 24.5 Å². The number of carbonyl (C=O) groups is 2. The highest BCUT2D eigenvalue weighted by atomic mass is 16.6. The van der Waals surface area contributed by atoms with Gasteiger partial charge in [-0.1, -0.05) is 49.6 Å². The van der Waals surface area contributed by atoms with Gasteiger partial charge in [-0.2, -0.15) is 0 Å². The van der Waals surface area contributed by atoms with Crippen LogP contribution in [-0.2, 0) is 16.0 Å². The van der Waals surface area contributed by atoms with Crippen LogP contribution in [0, 0.1) is 0 Å². The molecule has 1 saturated carbocycles. The van der Waals surface area contributed by atoms with Crippen molar-refractivity contribution in [2.24, 2.45) is 0 Å². The highest BCUT2D eigenvalue weighted by molar-refractivity contribution is 6.03. The zero-order valence-electron chi connectivity index (χ0n) is 23.2. The van der Waals surface area contributed by atoms with E-state index in [4.69, 9.17) is 14.2 Å². The Morgan fingerprint density at radius 2 is 1.73 bits per heavy atom. The van der Waals surface area contributed by atoms with Crippen LogP contribution in [0.15, 0.2) is 72.9 Å². The largest absolute Gasteiger partial charge is 0.497 e. The number of benzene rings is 3.